The number of allylic oxidation sites excluding steroid dienone is 4. The largest absolute Gasteiger partial charge is 0.756 e. The number of carbonyl (C=O) groups excluding carboxylic acids is 1. The van der Waals surface area contributed by atoms with Crippen LogP contribution in [0.1, 0.15) is 162 Å². The Morgan fingerprint density at radius 1 is 0.745 bits per heavy atom. The predicted molar refractivity (Wildman–Crippen MR) is 196 cm³/mol. The molecule has 0 aliphatic heterocycles. The number of unbranched alkanes of at least 4 members (excludes halogenated alkanes) is 17. The molecule has 1 unspecified atom stereocenters. The first-order valence-electron chi connectivity index (χ1n) is 19.2. The number of likely N-dealkylation sites (N-methyl/N-ethyl adjacent to an activating group) is 1. The Hall–Kier alpha value is -1.02. The molecule has 0 aromatic carbocycles. The SMILES string of the molecule is CCCCC/C=C/C/C=C/CCCCCCCC(=O)N[C@@H](COP(=O)([O-])OCC[N+](C)(C)C)[C@H](O)CCCCCCCCCCCC. The van der Waals surface area contributed by atoms with Crippen LogP contribution in [0, 0.1) is 0 Å². The number of nitrogens with zero attached hydrogens (tertiary/aromatic N) is 1. The lowest BCUT2D eigenvalue weighted by molar-refractivity contribution is -0.870. The minimum absolute atomic E-state index is 0.00921. The van der Waals surface area contributed by atoms with Crippen LogP contribution in [-0.4, -0.2) is 68.5 Å². The fourth-order valence-corrected chi connectivity index (χ4v) is 6.03. The maximum absolute atomic E-state index is 12.8. The lowest BCUT2D eigenvalue weighted by Crippen LogP contribution is -2.46. The van der Waals surface area contributed by atoms with Crippen molar-refractivity contribution in [3.8, 4) is 0 Å². The lowest BCUT2D eigenvalue weighted by Gasteiger charge is -2.30. The summed E-state index contributed by atoms with van der Waals surface area (Å²) in [6.45, 7) is 4.64. The van der Waals surface area contributed by atoms with Gasteiger partial charge in [-0.3, -0.25) is 9.36 Å². The normalized spacial score (nSPS) is 15.0. The van der Waals surface area contributed by atoms with E-state index in [0.717, 1.165) is 64.2 Å². The van der Waals surface area contributed by atoms with Crippen LogP contribution in [0.25, 0.3) is 0 Å². The van der Waals surface area contributed by atoms with Crippen LogP contribution in [0.2, 0.25) is 0 Å². The van der Waals surface area contributed by atoms with Gasteiger partial charge in [0.1, 0.15) is 13.2 Å². The molecule has 0 saturated heterocycles. The number of rotatable bonds is 34. The first-order valence-corrected chi connectivity index (χ1v) is 20.6. The summed E-state index contributed by atoms with van der Waals surface area (Å²) in [5.74, 6) is -0.182. The number of phosphoric acid groups is 1. The molecule has 0 aliphatic carbocycles. The smallest absolute Gasteiger partial charge is 0.268 e. The van der Waals surface area contributed by atoms with Crippen molar-refractivity contribution in [3.63, 3.8) is 0 Å². The van der Waals surface area contributed by atoms with Crippen molar-refractivity contribution < 1.29 is 32.9 Å². The molecule has 1 amide bonds. The van der Waals surface area contributed by atoms with Gasteiger partial charge in [-0.1, -0.05) is 134 Å². The van der Waals surface area contributed by atoms with Gasteiger partial charge in [0.2, 0.25) is 5.91 Å². The van der Waals surface area contributed by atoms with Gasteiger partial charge in [0.25, 0.3) is 7.82 Å². The summed E-state index contributed by atoms with van der Waals surface area (Å²) in [5.41, 5.74) is 0. The molecule has 47 heavy (non-hydrogen) atoms. The summed E-state index contributed by atoms with van der Waals surface area (Å²) in [5, 5.41) is 13.8. The van der Waals surface area contributed by atoms with E-state index in [-0.39, 0.29) is 19.1 Å². The number of amides is 1. The molecule has 3 atom stereocenters. The van der Waals surface area contributed by atoms with Crippen LogP contribution in [0.15, 0.2) is 24.3 Å². The van der Waals surface area contributed by atoms with E-state index in [0.29, 0.717) is 23.9 Å². The van der Waals surface area contributed by atoms with Gasteiger partial charge in [-0.2, -0.15) is 0 Å². The Kier molecular flexibility index (Phi) is 30.3. The van der Waals surface area contributed by atoms with Crippen molar-refractivity contribution in [2.45, 2.75) is 174 Å². The van der Waals surface area contributed by atoms with E-state index in [1.54, 1.807) is 0 Å². The minimum Gasteiger partial charge on any atom is -0.756 e. The zero-order chi connectivity index (χ0) is 35.1. The fraction of sp³-hybridized carbons (Fsp3) is 0.868. The standard InChI is InChI=1S/C38H75N2O6P/c1-6-8-10-12-14-16-18-19-20-21-22-24-26-28-30-32-38(42)39-36(35-46-47(43,44)45-34-33-40(3,4)5)37(41)31-29-27-25-23-17-15-13-11-9-7-2/h14,16,19-20,36-37,41H,6-13,15,17-18,21-35H2,1-5H3,(H-,39,42,43,44)/b16-14+,20-19+/t36-,37+/m0/s1. The highest BCUT2D eigenvalue weighted by molar-refractivity contribution is 7.45. The first-order chi connectivity index (χ1) is 22.5. The molecule has 8 nitrogen and oxygen atoms in total. The van der Waals surface area contributed by atoms with Crippen molar-refractivity contribution in [1.82, 2.24) is 5.32 Å². The number of hydrogen-bond donors (Lipinski definition) is 2. The van der Waals surface area contributed by atoms with Crippen molar-refractivity contribution in [2.75, 3.05) is 40.9 Å². The van der Waals surface area contributed by atoms with E-state index < -0.39 is 20.0 Å². The highest BCUT2D eigenvalue weighted by atomic mass is 31.2. The van der Waals surface area contributed by atoms with Gasteiger partial charge in [0.05, 0.1) is 39.9 Å². The highest BCUT2D eigenvalue weighted by Gasteiger charge is 2.24. The lowest BCUT2D eigenvalue weighted by atomic mass is 10.0. The average molecular weight is 687 g/mol. The van der Waals surface area contributed by atoms with Crippen LogP contribution in [-0.2, 0) is 18.4 Å². The van der Waals surface area contributed by atoms with Gasteiger partial charge in [-0.15, -0.1) is 0 Å². The van der Waals surface area contributed by atoms with Gasteiger partial charge in [-0.05, 0) is 44.9 Å². The third-order valence-corrected chi connectivity index (χ3v) is 9.41. The van der Waals surface area contributed by atoms with E-state index in [9.17, 15) is 19.4 Å². The van der Waals surface area contributed by atoms with Crippen LogP contribution in [0.5, 0.6) is 0 Å². The summed E-state index contributed by atoms with van der Waals surface area (Å²) in [6, 6.07) is -0.802. The third kappa shape index (κ3) is 33.3. The maximum Gasteiger partial charge on any atom is 0.268 e. The molecule has 0 radical (unpaired) electrons. The van der Waals surface area contributed by atoms with Crippen LogP contribution < -0.4 is 10.2 Å². The Bertz CT molecular complexity index is 829. The second-order valence-electron chi connectivity index (χ2n) is 14.3. The number of phosphoric ester groups is 1. The number of aliphatic hydroxyl groups is 1. The molecule has 0 saturated carbocycles. The van der Waals surface area contributed by atoms with Gasteiger partial charge in [0, 0.05) is 6.42 Å². The zero-order valence-electron chi connectivity index (χ0n) is 31.2. The average Bonchev–Trinajstić information content (AvgIpc) is 3.01. The summed E-state index contributed by atoms with van der Waals surface area (Å²) < 4.78 is 23.1. The molecule has 0 aromatic heterocycles. The van der Waals surface area contributed by atoms with Gasteiger partial charge in [0.15, 0.2) is 0 Å². The van der Waals surface area contributed by atoms with Gasteiger partial charge >= 0.3 is 0 Å². The van der Waals surface area contributed by atoms with Crippen LogP contribution in [0.4, 0.5) is 0 Å². The van der Waals surface area contributed by atoms with E-state index in [4.69, 9.17) is 9.05 Å². The summed E-state index contributed by atoms with van der Waals surface area (Å²) in [7, 11) is 1.29. The Labute approximate surface area is 290 Å². The number of quaternary nitrogens is 1. The van der Waals surface area contributed by atoms with E-state index in [1.807, 2.05) is 21.1 Å². The molecular formula is C38H75N2O6P. The van der Waals surface area contributed by atoms with Gasteiger partial charge in [-0.25, -0.2) is 0 Å². The molecular weight excluding hydrogens is 611 g/mol. The van der Waals surface area contributed by atoms with E-state index in [2.05, 4.69) is 43.5 Å². The Morgan fingerprint density at radius 3 is 1.81 bits per heavy atom. The van der Waals surface area contributed by atoms with Crippen molar-refractivity contribution >= 4 is 13.7 Å². The first kappa shape index (κ1) is 46.0. The predicted octanol–water partition coefficient (Wildman–Crippen LogP) is 9.16. The van der Waals surface area contributed by atoms with Crippen molar-refractivity contribution in [3.05, 3.63) is 24.3 Å². The van der Waals surface area contributed by atoms with E-state index >= 15 is 0 Å². The quantitative estimate of drug-likeness (QED) is 0.0303. The third-order valence-electron chi connectivity index (χ3n) is 8.44. The van der Waals surface area contributed by atoms with Crippen LogP contribution in [0.3, 0.4) is 0 Å². The molecule has 278 valence electrons. The molecule has 9 heteroatoms. The van der Waals surface area contributed by atoms with Crippen molar-refractivity contribution in [2.24, 2.45) is 0 Å². The molecule has 0 rings (SSSR count). The Balaban J connectivity index is 4.47. The second-order valence-corrected chi connectivity index (χ2v) is 15.7. The highest BCUT2D eigenvalue weighted by Crippen LogP contribution is 2.38. The topological polar surface area (TPSA) is 108 Å². The molecule has 0 heterocycles. The van der Waals surface area contributed by atoms with Crippen LogP contribution >= 0.6 is 7.82 Å². The second kappa shape index (κ2) is 31.0. The number of aliphatic hydroxyl groups excluding tert-OH is 1. The molecule has 0 spiro atoms. The molecule has 2 N–H and O–H groups in total. The summed E-state index contributed by atoms with van der Waals surface area (Å²) in [6.07, 6.45) is 33.2. The summed E-state index contributed by atoms with van der Waals surface area (Å²) in [4.78, 5) is 25.1. The number of carbonyl (C=O) groups is 1. The van der Waals surface area contributed by atoms with Crippen molar-refractivity contribution in [1.29, 1.82) is 0 Å². The summed E-state index contributed by atoms with van der Waals surface area (Å²) >= 11 is 0. The molecule has 0 aliphatic rings. The van der Waals surface area contributed by atoms with Gasteiger partial charge < -0.3 is 28.8 Å². The monoisotopic (exact) mass is 687 g/mol. The zero-order valence-corrected chi connectivity index (χ0v) is 32.1. The Morgan fingerprint density at radius 2 is 1.23 bits per heavy atom. The molecule has 0 fully saturated rings. The fourth-order valence-electron chi connectivity index (χ4n) is 5.30. The molecule has 0 aromatic rings. The minimum atomic E-state index is -4.55. The maximum atomic E-state index is 12.8. The molecule has 0 bridgehead atoms. The number of hydrogen-bond acceptors (Lipinski definition) is 6. The number of nitrogens with one attached hydrogen (secondary N) is 1. The van der Waals surface area contributed by atoms with E-state index in [1.165, 1.54) is 70.6 Å².